The lowest BCUT2D eigenvalue weighted by Crippen LogP contribution is -2.30. The Labute approximate surface area is 149 Å². The number of hydrogen-bond acceptors (Lipinski definition) is 5. The molecule has 25 heavy (non-hydrogen) atoms. The van der Waals surface area contributed by atoms with Crippen LogP contribution in [0.3, 0.4) is 0 Å². The highest BCUT2D eigenvalue weighted by molar-refractivity contribution is 7.09. The Balaban J connectivity index is 1.40. The lowest BCUT2D eigenvalue weighted by atomic mass is 9.99. The first kappa shape index (κ1) is 14.8. The molecule has 2 atom stereocenters. The largest absolute Gasteiger partial charge is 0.336 e. The second-order valence-electron chi connectivity index (χ2n) is 6.68. The van der Waals surface area contributed by atoms with Crippen molar-refractivity contribution in [3.63, 3.8) is 0 Å². The number of nitrogens with zero attached hydrogens (tertiary/aromatic N) is 5. The Bertz CT molecular complexity index is 948. The van der Waals surface area contributed by atoms with Gasteiger partial charge in [-0.1, -0.05) is 0 Å². The van der Waals surface area contributed by atoms with E-state index in [9.17, 15) is 4.79 Å². The molecule has 5 rings (SSSR count). The first-order valence-electron chi connectivity index (χ1n) is 8.38. The van der Waals surface area contributed by atoms with Gasteiger partial charge in [0.1, 0.15) is 11.5 Å². The van der Waals surface area contributed by atoms with E-state index in [2.05, 4.69) is 25.6 Å². The van der Waals surface area contributed by atoms with Gasteiger partial charge in [0, 0.05) is 54.8 Å². The third-order valence-corrected chi connectivity index (χ3v) is 5.93. The van der Waals surface area contributed by atoms with Crippen molar-refractivity contribution in [3.05, 3.63) is 52.6 Å². The number of carbonyl (C=O) groups is 1. The van der Waals surface area contributed by atoms with E-state index in [0.29, 0.717) is 17.5 Å². The summed E-state index contributed by atoms with van der Waals surface area (Å²) >= 11 is 1.52. The summed E-state index contributed by atoms with van der Waals surface area (Å²) in [5, 5.41) is 2.78. The fourth-order valence-corrected chi connectivity index (χ4v) is 4.58. The molecule has 2 aliphatic heterocycles. The highest BCUT2D eigenvalue weighted by Crippen LogP contribution is 2.41. The van der Waals surface area contributed by atoms with E-state index >= 15 is 0 Å². The van der Waals surface area contributed by atoms with Crippen LogP contribution < -0.4 is 0 Å². The molecule has 0 N–H and O–H groups in total. The second-order valence-corrected chi connectivity index (χ2v) is 7.74. The number of aromatic nitrogens is 4. The van der Waals surface area contributed by atoms with Crippen LogP contribution in [0.25, 0.3) is 11.3 Å². The number of fused-ring (bicyclic) bond motifs is 3. The summed E-state index contributed by atoms with van der Waals surface area (Å²) in [7, 11) is 0. The maximum Gasteiger partial charge on any atom is 0.273 e. The molecule has 126 valence electrons. The molecule has 3 aromatic rings. The molecule has 3 aromatic heterocycles. The van der Waals surface area contributed by atoms with Crippen LogP contribution >= 0.6 is 11.3 Å². The number of aryl methyl sites for hydroxylation is 1. The summed E-state index contributed by atoms with van der Waals surface area (Å²) in [5.41, 5.74) is 2.78. The van der Waals surface area contributed by atoms with Gasteiger partial charge in [0.2, 0.25) is 0 Å². The standard InChI is InChI=1S/C18H17N5OS/c1-11-21-15(10-25-11)18(24)22-7-13-8-23-16(12-3-2-4-19-5-12)6-20-17(23)14(13)9-22/h2-6,10,13-14H,7-9H2,1H3/t13-,14-/m0/s1. The number of likely N-dealkylation sites (tertiary alicyclic amines) is 1. The molecule has 6 nitrogen and oxygen atoms in total. The highest BCUT2D eigenvalue weighted by atomic mass is 32.1. The van der Waals surface area contributed by atoms with Gasteiger partial charge in [0.25, 0.3) is 5.91 Å². The van der Waals surface area contributed by atoms with Crippen molar-refractivity contribution >= 4 is 17.2 Å². The van der Waals surface area contributed by atoms with Gasteiger partial charge >= 0.3 is 0 Å². The number of hydrogen-bond donors (Lipinski definition) is 0. The molecule has 0 unspecified atom stereocenters. The number of thiazole rings is 1. The zero-order valence-electron chi connectivity index (χ0n) is 13.8. The third kappa shape index (κ3) is 2.30. The molecule has 0 radical (unpaired) electrons. The number of imidazole rings is 1. The molecular weight excluding hydrogens is 334 g/mol. The minimum absolute atomic E-state index is 0.0457. The molecule has 1 saturated heterocycles. The smallest absolute Gasteiger partial charge is 0.273 e. The Morgan fingerprint density at radius 1 is 1.28 bits per heavy atom. The summed E-state index contributed by atoms with van der Waals surface area (Å²) in [6.45, 7) is 4.33. The van der Waals surface area contributed by atoms with Gasteiger partial charge in [-0.05, 0) is 19.1 Å². The summed E-state index contributed by atoms with van der Waals surface area (Å²) in [6.07, 6.45) is 5.58. The molecule has 0 aromatic carbocycles. The van der Waals surface area contributed by atoms with Crippen LogP contribution in [-0.2, 0) is 6.54 Å². The monoisotopic (exact) mass is 351 g/mol. The number of pyridine rings is 1. The summed E-state index contributed by atoms with van der Waals surface area (Å²) < 4.78 is 2.29. The van der Waals surface area contributed by atoms with E-state index in [-0.39, 0.29) is 5.91 Å². The van der Waals surface area contributed by atoms with Crippen LogP contribution in [0, 0.1) is 12.8 Å². The number of rotatable bonds is 2. The van der Waals surface area contributed by atoms with Crippen LogP contribution in [0.1, 0.15) is 27.2 Å². The van der Waals surface area contributed by atoms with Crippen molar-refractivity contribution in [2.24, 2.45) is 5.92 Å². The maximum absolute atomic E-state index is 12.7. The minimum atomic E-state index is 0.0457. The summed E-state index contributed by atoms with van der Waals surface area (Å²) in [6, 6.07) is 4.01. The molecule has 1 fully saturated rings. The van der Waals surface area contributed by atoms with Gasteiger partial charge in [0.05, 0.1) is 16.9 Å². The van der Waals surface area contributed by atoms with E-state index in [1.54, 1.807) is 6.20 Å². The second kappa shape index (κ2) is 5.49. The Morgan fingerprint density at radius 3 is 2.96 bits per heavy atom. The molecule has 0 bridgehead atoms. The third-order valence-electron chi connectivity index (χ3n) is 5.16. The molecule has 0 aliphatic carbocycles. The van der Waals surface area contributed by atoms with Crippen molar-refractivity contribution in [3.8, 4) is 11.3 Å². The van der Waals surface area contributed by atoms with E-state index in [4.69, 9.17) is 0 Å². The van der Waals surface area contributed by atoms with Gasteiger partial charge in [-0.2, -0.15) is 0 Å². The van der Waals surface area contributed by atoms with Crippen molar-refractivity contribution in [1.82, 2.24) is 24.4 Å². The van der Waals surface area contributed by atoms with Gasteiger partial charge < -0.3 is 9.47 Å². The van der Waals surface area contributed by atoms with Crippen LogP contribution in [-0.4, -0.2) is 43.4 Å². The van der Waals surface area contributed by atoms with Crippen LogP contribution in [0.2, 0.25) is 0 Å². The molecule has 7 heteroatoms. The normalized spacial score (nSPS) is 21.4. The van der Waals surface area contributed by atoms with Crippen molar-refractivity contribution in [1.29, 1.82) is 0 Å². The topological polar surface area (TPSA) is 63.9 Å². The van der Waals surface area contributed by atoms with Crippen LogP contribution in [0.5, 0.6) is 0 Å². The van der Waals surface area contributed by atoms with Crippen LogP contribution in [0.15, 0.2) is 36.1 Å². The van der Waals surface area contributed by atoms with Gasteiger partial charge in [-0.15, -0.1) is 11.3 Å². The molecule has 0 spiro atoms. The molecular formula is C18H17N5OS. The molecule has 5 heterocycles. The Morgan fingerprint density at radius 2 is 2.20 bits per heavy atom. The highest BCUT2D eigenvalue weighted by Gasteiger charge is 2.44. The fourth-order valence-electron chi connectivity index (χ4n) is 4.00. The van der Waals surface area contributed by atoms with E-state index in [1.807, 2.05) is 35.7 Å². The Hall–Kier alpha value is -2.54. The summed E-state index contributed by atoms with van der Waals surface area (Å²) in [4.78, 5) is 27.8. The minimum Gasteiger partial charge on any atom is -0.336 e. The Kier molecular flexibility index (Phi) is 3.24. The van der Waals surface area contributed by atoms with Gasteiger partial charge in [0.15, 0.2) is 0 Å². The zero-order valence-corrected chi connectivity index (χ0v) is 14.6. The predicted octanol–water partition coefficient (Wildman–Crippen LogP) is 2.58. The van der Waals surface area contributed by atoms with E-state index in [1.165, 1.54) is 11.3 Å². The summed E-state index contributed by atoms with van der Waals surface area (Å²) in [5.74, 6) is 1.88. The van der Waals surface area contributed by atoms with Gasteiger partial charge in [-0.25, -0.2) is 9.97 Å². The average Bonchev–Trinajstić information content (AvgIpc) is 3.36. The van der Waals surface area contributed by atoms with Crippen molar-refractivity contribution < 1.29 is 4.79 Å². The quantitative estimate of drug-likeness (QED) is 0.712. The van der Waals surface area contributed by atoms with E-state index in [0.717, 1.165) is 41.7 Å². The first-order valence-corrected chi connectivity index (χ1v) is 9.26. The van der Waals surface area contributed by atoms with Crippen LogP contribution in [0.4, 0.5) is 0 Å². The fraction of sp³-hybridized carbons (Fsp3) is 0.333. The zero-order chi connectivity index (χ0) is 17.0. The number of amides is 1. The average molecular weight is 351 g/mol. The molecule has 2 aliphatic rings. The predicted molar refractivity (Wildman–Crippen MR) is 94.4 cm³/mol. The lowest BCUT2D eigenvalue weighted by Gasteiger charge is -2.16. The first-order chi connectivity index (χ1) is 12.2. The molecule has 1 amide bonds. The van der Waals surface area contributed by atoms with Gasteiger partial charge in [-0.3, -0.25) is 9.78 Å². The molecule has 0 saturated carbocycles. The number of carbonyl (C=O) groups excluding carboxylic acids is 1. The van der Waals surface area contributed by atoms with Crippen molar-refractivity contribution in [2.75, 3.05) is 13.1 Å². The maximum atomic E-state index is 12.7. The lowest BCUT2D eigenvalue weighted by molar-refractivity contribution is 0.0778. The van der Waals surface area contributed by atoms with Crippen molar-refractivity contribution in [2.45, 2.75) is 19.4 Å². The van der Waals surface area contributed by atoms with E-state index < -0.39 is 0 Å². The SMILES string of the molecule is Cc1nc(C(=O)N2C[C@H]3Cn4c(-c5cccnc5)cnc4[C@H]3C2)cs1.